The monoisotopic (exact) mass is 280 g/mol. The molecule has 1 heterocycles. The van der Waals surface area contributed by atoms with Gasteiger partial charge in [-0.15, -0.1) is 0 Å². The number of carbonyl (C=O) groups excluding carboxylic acids is 1. The third-order valence-electron chi connectivity index (χ3n) is 3.87. The minimum absolute atomic E-state index is 0.0672. The van der Waals surface area contributed by atoms with Crippen LogP contribution >= 0.6 is 11.6 Å². The topological polar surface area (TPSA) is 41.6 Å². The summed E-state index contributed by atoms with van der Waals surface area (Å²) in [5.41, 5.74) is 0.760. The summed E-state index contributed by atoms with van der Waals surface area (Å²) in [5.74, 6) is 0.199. The molecule has 1 N–H and O–H groups in total. The van der Waals surface area contributed by atoms with Crippen LogP contribution in [0.4, 0.5) is 0 Å². The highest BCUT2D eigenvalue weighted by Crippen LogP contribution is 2.45. The zero-order chi connectivity index (χ0) is 13.5. The Kier molecular flexibility index (Phi) is 3.25. The molecule has 5 heteroatoms. The number of nitrogens with zero attached hydrogens (tertiary/aromatic N) is 1. The summed E-state index contributed by atoms with van der Waals surface area (Å²) in [5, 5.41) is 4.17. The van der Waals surface area contributed by atoms with E-state index in [1.807, 2.05) is 29.2 Å². The number of methoxy groups -OCH3 is 1. The van der Waals surface area contributed by atoms with Crippen LogP contribution < -0.4 is 5.32 Å². The molecule has 0 bridgehead atoms. The van der Waals surface area contributed by atoms with E-state index in [0.29, 0.717) is 18.2 Å². The van der Waals surface area contributed by atoms with Gasteiger partial charge in [0.1, 0.15) is 11.7 Å². The van der Waals surface area contributed by atoms with Gasteiger partial charge in [-0.2, -0.15) is 0 Å². The van der Waals surface area contributed by atoms with Crippen LogP contribution in [-0.4, -0.2) is 36.6 Å². The fraction of sp³-hybridized carbons (Fsp3) is 0.500. The Morgan fingerprint density at radius 1 is 1.42 bits per heavy atom. The Balaban J connectivity index is 1.85. The number of amides is 1. The van der Waals surface area contributed by atoms with Gasteiger partial charge in [0.05, 0.1) is 6.61 Å². The molecule has 1 aromatic rings. The number of hydrogen-bond donors (Lipinski definition) is 1. The molecule has 1 aliphatic carbocycles. The maximum Gasteiger partial charge on any atom is 0.244 e. The summed E-state index contributed by atoms with van der Waals surface area (Å²) in [6.45, 7) is 1.16. The number of rotatable bonds is 4. The Morgan fingerprint density at radius 3 is 2.68 bits per heavy atom. The molecule has 102 valence electrons. The van der Waals surface area contributed by atoms with E-state index < -0.39 is 0 Å². The largest absolute Gasteiger partial charge is 0.383 e. The van der Waals surface area contributed by atoms with Crippen molar-refractivity contribution in [1.82, 2.24) is 10.2 Å². The van der Waals surface area contributed by atoms with Gasteiger partial charge in [0, 0.05) is 18.7 Å². The van der Waals surface area contributed by atoms with E-state index in [-0.39, 0.29) is 17.6 Å². The molecule has 19 heavy (non-hydrogen) atoms. The van der Waals surface area contributed by atoms with E-state index in [1.54, 1.807) is 7.11 Å². The predicted octanol–water partition coefficient (Wildman–Crippen LogP) is 1.95. The van der Waals surface area contributed by atoms with Gasteiger partial charge in [-0.25, -0.2) is 0 Å². The zero-order valence-electron chi connectivity index (χ0n) is 10.9. The van der Waals surface area contributed by atoms with E-state index in [4.69, 9.17) is 16.3 Å². The van der Waals surface area contributed by atoms with Crippen molar-refractivity contribution in [3.63, 3.8) is 0 Å². The molecule has 0 radical (unpaired) electrons. The zero-order valence-corrected chi connectivity index (χ0v) is 11.6. The molecule has 0 aromatic heterocycles. The minimum Gasteiger partial charge on any atom is -0.383 e. The lowest BCUT2D eigenvalue weighted by Crippen LogP contribution is -2.34. The molecular formula is C14H17ClN2O2. The van der Waals surface area contributed by atoms with E-state index in [9.17, 15) is 4.79 Å². The second kappa shape index (κ2) is 4.78. The van der Waals surface area contributed by atoms with Gasteiger partial charge in [-0.05, 0) is 30.5 Å². The fourth-order valence-electron chi connectivity index (χ4n) is 2.61. The highest BCUT2D eigenvalue weighted by molar-refractivity contribution is 6.30. The van der Waals surface area contributed by atoms with E-state index in [2.05, 4.69) is 5.32 Å². The van der Waals surface area contributed by atoms with Crippen LogP contribution in [-0.2, 0) is 9.53 Å². The third kappa shape index (κ3) is 2.24. The molecule has 1 amide bonds. The maximum absolute atomic E-state index is 12.4. The maximum atomic E-state index is 12.4. The second-order valence-corrected chi connectivity index (χ2v) is 5.61. The molecule has 1 aliphatic heterocycles. The van der Waals surface area contributed by atoms with Crippen LogP contribution in [0.5, 0.6) is 0 Å². The first kappa shape index (κ1) is 12.9. The van der Waals surface area contributed by atoms with E-state index >= 15 is 0 Å². The van der Waals surface area contributed by atoms with Crippen molar-refractivity contribution in [2.75, 3.05) is 20.3 Å². The smallest absolute Gasteiger partial charge is 0.244 e. The average molecular weight is 281 g/mol. The van der Waals surface area contributed by atoms with E-state index in [1.165, 1.54) is 0 Å². The second-order valence-electron chi connectivity index (χ2n) is 5.17. The van der Waals surface area contributed by atoms with Gasteiger partial charge in [-0.3, -0.25) is 10.1 Å². The summed E-state index contributed by atoms with van der Waals surface area (Å²) < 4.78 is 5.10. The highest BCUT2D eigenvalue weighted by atomic mass is 35.5. The standard InChI is InChI=1S/C14H17ClN2O2/c1-19-9-8-17-12(10-2-4-11(15)5-3-10)16-14(6-7-14)13(17)18/h2-5,12,16H,6-9H2,1H3. The van der Waals surface area contributed by atoms with Crippen LogP contribution in [0.15, 0.2) is 24.3 Å². The SMILES string of the molecule is COCCN1C(=O)C2(CC2)NC1c1ccc(Cl)cc1. The van der Waals surface area contributed by atoms with Crippen LogP contribution in [0.3, 0.4) is 0 Å². The lowest BCUT2D eigenvalue weighted by atomic mass is 10.1. The Labute approximate surface area is 117 Å². The van der Waals surface area contributed by atoms with Crippen molar-refractivity contribution in [3.8, 4) is 0 Å². The first-order valence-electron chi connectivity index (χ1n) is 6.49. The quantitative estimate of drug-likeness (QED) is 0.917. The number of ether oxygens (including phenoxy) is 1. The number of halogens is 1. The minimum atomic E-state index is -0.307. The molecule has 1 atom stereocenters. The Hall–Kier alpha value is -1.10. The van der Waals surface area contributed by atoms with Crippen LogP contribution in [0.1, 0.15) is 24.6 Å². The Morgan fingerprint density at radius 2 is 2.11 bits per heavy atom. The predicted molar refractivity (Wildman–Crippen MR) is 72.9 cm³/mol. The molecule has 3 rings (SSSR count). The van der Waals surface area contributed by atoms with Gasteiger partial charge < -0.3 is 9.64 Å². The summed E-state index contributed by atoms with van der Waals surface area (Å²) in [6.07, 6.45) is 1.79. The molecule has 1 aromatic carbocycles. The van der Waals surface area contributed by atoms with Crippen LogP contribution in [0.25, 0.3) is 0 Å². The molecule has 1 saturated heterocycles. The summed E-state index contributed by atoms with van der Waals surface area (Å²) in [6, 6.07) is 7.65. The average Bonchev–Trinajstić information content (AvgIpc) is 3.14. The van der Waals surface area contributed by atoms with Gasteiger partial charge in [-0.1, -0.05) is 23.7 Å². The normalized spacial score (nSPS) is 24.2. The highest BCUT2D eigenvalue weighted by Gasteiger charge is 2.59. The van der Waals surface area contributed by atoms with Crippen molar-refractivity contribution in [3.05, 3.63) is 34.9 Å². The van der Waals surface area contributed by atoms with Crippen LogP contribution in [0.2, 0.25) is 5.02 Å². The van der Waals surface area contributed by atoms with Crippen LogP contribution in [0, 0.1) is 0 Å². The Bertz CT molecular complexity index is 485. The summed E-state index contributed by atoms with van der Waals surface area (Å²) in [7, 11) is 1.65. The van der Waals surface area contributed by atoms with Crippen molar-refractivity contribution in [2.45, 2.75) is 24.5 Å². The fourth-order valence-corrected chi connectivity index (χ4v) is 2.73. The number of hydrogen-bond acceptors (Lipinski definition) is 3. The number of benzene rings is 1. The molecule has 2 aliphatic rings. The van der Waals surface area contributed by atoms with Gasteiger partial charge in [0.2, 0.25) is 5.91 Å². The van der Waals surface area contributed by atoms with Crippen molar-refractivity contribution in [1.29, 1.82) is 0 Å². The van der Waals surface area contributed by atoms with Crippen molar-refractivity contribution in [2.24, 2.45) is 0 Å². The number of carbonyl (C=O) groups is 1. The van der Waals surface area contributed by atoms with Crippen molar-refractivity contribution >= 4 is 17.5 Å². The van der Waals surface area contributed by atoms with Gasteiger partial charge in [0.25, 0.3) is 0 Å². The van der Waals surface area contributed by atoms with Gasteiger partial charge >= 0.3 is 0 Å². The summed E-state index contributed by atoms with van der Waals surface area (Å²) >= 11 is 5.91. The van der Waals surface area contributed by atoms with E-state index in [0.717, 1.165) is 18.4 Å². The summed E-state index contributed by atoms with van der Waals surface area (Å²) in [4.78, 5) is 14.3. The molecule has 1 spiro atoms. The lowest BCUT2D eigenvalue weighted by molar-refractivity contribution is -0.131. The number of nitrogens with one attached hydrogen (secondary N) is 1. The molecule has 1 unspecified atom stereocenters. The molecule has 4 nitrogen and oxygen atoms in total. The third-order valence-corrected chi connectivity index (χ3v) is 4.12. The molecule has 2 fully saturated rings. The molecule has 1 saturated carbocycles. The van der Waals surface area contributed by atoms with Gasteiger partial charge in [0.15, 0.2) is 0 Å². The first-order chi connectivity index (χ1) is 9.16. The lowest BCUT2D eigenvalue weighted by Gasteiger charge is -2.24. The first-order valence-corrected chi connectivity index (χ1v) is 6.87. The van der Waals surface area contributed by atoms with Crippen molar-refractivity contribution < 1.29 is 9.53 Å². The molecular weight excluding hydrogens is 264 g/mol.